The van der Waals surface area contributed by atoms with Crippen molar-refractivity contribution in [2.24, 2.45) is 23.0 Å². The molecule has 0 aromatic carbocycles. The average Bonchev–Trinajstić information content (AvgIpc) is 2.11. The first-order valence-corrected chi connectivity index (χ1v) is 7.54. The van der Waals surface area contributed by atoms with Gasteiger partial charge in [-0.1, -0.05) is 48.5 Å². The molecule has 0 rings (SSSR count). The Labute approximate surface area is 119 Å². The fraction of sp³-hybridized carbons (Fsp3) is 0.938. The van der Waals surface area contributed by atoms with Gasteiger partial charge in [0.05, 0.1) is 0 Å². The van der Waals surface area contributed by atoms with Crippen molar-refractivity contribution in [2.45, 2.75) is 67.3 Å². The molecule has 0 aliphatic heterocycles. The minimum absolute atomic E-state index is 0.0330. The third-order valence-corrected chi connectivity index (χ3v) is 2.84. The number of carbonyl (C=O) groups excluding carboxylic acids is 1. The molecule has 3 heteroatoms. The number of carbonyl (C=O) groups is 1. The van der Waals surface area contributed by atoms with Crippen molar-refractivity contribution in [2.75, 3.05) is 13.1 Å². The van der Waals surface area contributed by atoms with Gasteiger partial charge in [-0.2, -0.15) is 0 Å². The van der Waals surface area contributed by atoms with Crippen LogP contribution in [0.4, 0.5) is 0 Å². The normalized spacial score (nSPS) is 14.0. The van der Waals surface area contributed by atoms with Gasteiger partial charge in [0.1, 0.15) is 0 Å². The summed E-state index contributed by atoms with van der Waals surface area (Å²) in [6, 6.07) is -0.0330. The molecule has 0 aromatic rings. The zero-order valence-electron chi connectivity index (χ0n) is 14.0. The van der Waals surface area contributed by atoms with Crippen LogP contribution in [-0.4, -0.2) is 29.9 Å². The molecule has 1 atom stereocenters. The highest BCUT2D eigenvalue weighted by molar-refractivity contribution is 5.76. The van der Waals surface area contributed by atoms with E-state index in [9.17, 15) is 4.79 Å². The molecule has 0 saturated heterocycles. The van der Waals surface area contributed by atoms with E-state index in [-0.39, 0.29) is 17.4 Å². The van der Waals surface area contributed by atoms with Gasteiger partial charge < -0.3 is 10.6 Å². The molecular formula is C16H34N2O. The second kappa shape index (κ2) is 7.88. The number of nitrogens with two attached hydrogens (primary N) is 1. The molecule has 0 aromatic heterocycles. The number of hydrogen-bond acceptors (Lipinski definition) is 2. The largest absolute Gasteiger partial charge is 0.342 e. The molecule has 0 saturated carbocycles. The minimum atomic E-state index is -0.0330. The highest BCUT2D eigenvalue weighted by Crippen LogP contribution is 2.21. The monoisotopic (exact) mass is 270 g/mol. The first-order valence-electron chi connectivity index (χ1n) is 7.54. The fourth-order valence-corrected chi connectivity index (χ4v) is 2.37. The molecule has 0 bridgehead atoms. The Kier molecular flexibility index (Phi) is 7.65. The van der Waals surface area contributed by atoms with Crippen LogP contribution in [0.15, 0.2) is 0 Å². The molecule has 2 N–H and O–H groups in total. The summed E-state index contributed by atoms with van der Waals surface area (Å²) in [5, 5.41) is 0. The fourth-order valence-electron chi connectivity index (χ4n) is 2.37. The highest BCUT2D eigenvalue weighted by Gasteiger charge is 2.22. The summed E-state index contributed by atoms with van der Waals surface area (Å²) in [6.45, 7) is 16.8. The predicted octanol–water partition coefficient (Wildman–Crippen LogP) is 3.28. The third kappa shape index (κ3) is 9.94. The van der Waals surface area contributed by atoms with Crippen LogP contribution in [0.1, 0.15) is 61.3 Å². The minimum Gasteiger partial charge on any atom is -0.342 e. The molecule has 19 heavy (non-hydrogen) atoms. The number of nitrogens with zero attached hydrogens (tertiary/aromatic N) is 1. The van der Waals surface area contributed by atoms with E-state index in [1.807, 2.05) is 4.90 Å². The van der Waals surface area contributed by atoms with E-state index in [0.29, 0.717) is 18.3 Å². The van der Waals surface area contributed by atoms with Crippen molar-refractivity contribution in [3.05, 3.63) is 0 Å². The van der Waals surface area contributed by atoms with Crippen LogP contribution < -0.4 is 5.73 Å². The maximum atomic E-state index is 12.4. The van der Waals surface area contributed by atoms with Crippen LogP contribution >= 0.6 is 0 Å². The van der Waals surface area contributed by atoms with Crippen molar-refractivity contribution in [1.29, 1.82) is 0 Å². The van der Waals surface area contributed by atoms with Crippen molar-refractivity contribution >= 4 is 5.91 Å². The molecule has 0 aliphatic carbocycles. The molecule has 0 aliphatic rings. The van der Waals surface area contributed by atoms with E-state index in [4.69, 9.17) is 5.73 Å². The van der Waals surface area contributed by atoms with Crippen molar-refractivity contribution < 1.29 is 4.79 Å². The quantitative estimate of drug-likeness (QED) is 0.771. The molecule has 1 unspecified atom stereocenters. The highest BCUT2D eigenvalue weighted by atomic mass is 16.2. The molecule has 0 heterocycles. The van der Waals surface area contributed by atoms with Gasteiger partial charge in [0, 0.05) is 25.6 Å². The summed E-state index contributed by atoms with van der Waals surface area (Å²) in [7, 11) is 0. The van der Waals surface area contributed by atoms with Crippen LogP contribution in [-0.2, 0) is 4.79 Å². The summed E-state index contributed by atoms with van der Waals surface area (Å²) in [5.41, 5.74) is 6.29. The molecule has 0 radical (unpaired) electrons. The summed E-state index contributed by atoms with van der Waals surface area (Å²) >= 11 is 0. The number of amides is 1. The topological polar surface area (TPSA) is 46.3 Å². The van der Waals surface area contributed by atoms with Gasteiger partial charge in [0.25, 0.3) is 0 Å². The van der Waals surface area contributed by atoms with Crippen LogP contribution in [0, 0.1) is 17.3 Å². The zero-order chi connectivity index (χ0) is 15.2. The van der Waals surface area contributed by atoms with Crippen LogP contribution in [0.25, 0.3) is 0 Å². The number of rotatable bonds is 7. The second-order valence-corrected chi connectivity index (χ2v) is 7.82. The van der Waals surface area contributed by atoms with E-state index < -0.39 is 0 Å². The van der Waals surface area contributed by atoms with Gasteiger partial charge >= 0.3 is 0 Å². The van der Waals surface area contributed by atoms with E-state index in [2.05, 4.69) is 48.5 Å². The van der Waals surface area contributed by atoms with Crippen molar-refractivity contribution in [3.8, 4) is 0 Å². The van der Waals surface area contributed by atoms with Gasteiger partial charge in [0.15, 0.2) is 0 Å². The number of hydrogen-bond donors (Lipinski definition) is 1. The standard InChI is InChI=1S/C16H34N2O/c1-12(2)10-18(11-13(3)4)15(19)8-14(17)9-16(5,6)7/h12-14H,8-11,17H2,1-7H3. The molecule has 1 amide bonds. The van der Waals surface area contributed by atoms with Crippen molar-refractivity contribution in [3.63, 3.8) is 0 Å². The van der Waals surface area contributed by atoms with E-state index in [1.54, 1.807) is 0 Å². The lowest BCUT2D eigenvalue weighted by atomic mass is 9.87. The molecular weight excluding hydrogens is 236 g/mol. The molecule has 3 nitrogen and oxygen atoms in total. The van der Waals surface area contributed by atoms with E-state index in [0.717, 1.165) is 19.5 Å². The summed E-state index contributed by atoms with van der Waals surface area (Å²) in [6.07, 6.45) is 1.35. The molecule has 0 spiro atoms. The van der Waals surface area contributed by atoms with Crippen LogP contribution in [0.2, 0.25) is 0 Å². The predicted molar refractivity (Wildman–Crippen MR) is 82.9 cm³/mol. The summed E-state index contributed by atoms with van der Waals surface area (Å²) in [4.78, 5) is 14.3. The van der Waals surface area contributed by atoms with Gasteiger partial charge in [0.2, 0.25) is 5.91 Å². The second-order valence-electron chi connectivity index (χ2n) is 7.82. The lowest BCUT2D eigenvalue weighted by molar-refractivity contribution is -0.132. The van der Waals surface area contributed by atoms with Gasteiger partial charge in [-0.05, 0) is 23.7 Å². The maximum Gasteiger partial charge on any atom is 0.224 e. The maximum absolute atomic E-state index is 12.4. The van der Waals surface area contributed by atoms with E-state index >= 15 is 0 Å². The lowest BCUT2D eigenvalue weighted by Gasteiger charge is -2.29. The Hall–Kier alpha value is -0.570. The van der Waals surface area contributed by atoms with Crippen LogP contribution in [0.5, 0.6) is 0 Å². The first kappa shape index (κ1) is 18.4. The Morgan fingerprint density at radius 3 is 1.79 bits per heavy atom. The Balaban J connectivity index is 4.46. The van der Waals surface area contributed by atoms with Gasteiger partial charge in [-0.3, -0.25) is 4.79 Å². The average molecular weight is 270 g/mol. The Bertz CT molecular complexity index is 256. The van der Waals surface area contributed by atoms with E-state index in [1.165, 1.54) is 0 Å². The third-order valence-electron chi connectivity index (χ3n) is 2.84. The van der Waals surface area contributed by atoms with Crippen LogP contribution in [0.3, 0.4) is 0 Å². The van der Waals surface area contributed by atoms with Gasteiger partial charge in [-0.25, -0.2) is 0 Å². The lowest BCUT2D eigenvalue weighted by Crippen LogP contribution is -2.40. The SMILES string of the molecule is CC(C)CN(CC(C)C)C(=O)CC(N)CC(C)(C)C. The zero-order valence-corrected chi connectivity index (χ0v) is 14.0. The Morgan fingerprint density at radius 2 is 1.47 bits per heavy atom. The Morgan fingerprint density at radius 1 is 1.05 bits per heavy atom. The van der Waals surface area contributed by atoms with Gasteiger partial charge in [-0.15, -0.1) is 0 Å². The summed E-state index contributed by atoms with van der Waals surface area (Å²) in [5.74, 6) is 1.21. The molecule has 0 fully saturated rings. The van der Waals surface area contributed by atoms with Crippen molar-refractivity contribution in [1.82, 2.24) is 4.90 Å². The summed E-state index contributed by atoms with van der Waals surface area (Å²) < 4.78 is 0. The smallest absolute Gasteiger partial charge is 0.224 e. The first-order chi connectivity index (χ1) is 8.51. The molecule has 114 valence electrons.